The number of nitrogens with one attached hydrogen (secondary N) is 1. The van der Waals surface area contributed by atoms with Crippen LogP contribution in [0.3, 0.4) is 0 Å². The first-order valence-corrected chi connectivity index (χ1v) is 6.41. The predicted molar refractivity (Wildman–Crippen MR) is 73.2 cm³/mol. The maximum Gasteiger partial charge on any atom is 0.273 e. The van der Waals surface area contributed by atoms with Gasteiger partial charge in [0.25, 0.3) is 5.56 Å². The molecular weight excluding hydrogens is 262 g/mol. The molecule has 0 unspecified atom stereocenters. The Morgan fingerprint density at radius 2 is 2.00 bits per heavy atom. The van der Waals surface area contributed by atoms with Crippen molar-refractivity contribution < 1.29 is 4.79 Å². The molecule has 0 aliphatic heterocycles. The Balaban J connectivity index is 2.02. The number of benzene rings is 1. The molecule has 5 nitrogen and oxygen atoms in total. The van der Waals surface area contributed by atoms with E-state index >= 15 is 0 Å². The highest BCUT2D eigenvalue weighted by molar-refractivity contribution is 8.02. The van der Waals surface area contributed by atoms with Crippen molar-refractivity contribution in [3.05, 3.63) is 63.4 Å². The van der Waals surface area contributed by atoms with E-state index in [9.17, 15) is 9.59 Å². The van der Waals surface area contributed by atoms with Crippen LogP contribution in [0.15, 0.2) is 51.8 Å². The Morgan fingerprint density at radius 1 is 1.26 bits per heavy atom. The second kappa shape index (κ2) is 6.10. The van der Waals surface area contributed by atoms with Gasteiger partial charge in [0.05, 0.1) is 0 Å². The molecule has 96 valence electrons. The fourth-order valence-electron chi connectivity index (χ4n) is 1.29. The van der Waals surface area contributed by atoms with Crippen molar-refractivity contribution in [1.82, 2.24) is 15.2 Å². The summed E-state index contributed by atoms with van der Waals surface area (Å²) >= 11 is 1.14. The lowest BCUT2D eigenvalue weighted by molar-refractivity contribution is 0.104. The molecule has 6 heteroatoms. The molecule has 0 amide bonds. The van der Waals surface area contributed by atoms with E-state index in [1.807, 2.05) is 6.07 Å². The Labute approximate surface area is 113 Å². The number of hydrogen-bond acceptors (Lipinski definition) is 5. The zero-order valence-electron chi connectivity index (χ0n) is 10.2. The summed E-state index contributed by atoms with van der Waals surface area (Å²) < 4.78 is 0. The predicted octanol–water partition coefficient (Wildman–Crippen LogP) is 1.96. The number of nitrogens with zero attached hydrogens (tertiary/aromatic N) is 2. The number of H-pyrrole nitrogens is 1. The van der Waals surface area contributed by atoms with Gasteiger partial charge in [0.2, 0.25) is 0 Å². The Bertz CT molecular complexity index is 665. The van der Waals surface area contributed by atoms with Crippen LogP contribution in [-0.4, -0.2) is 21.0 Å². The lowest BCUT2D eigenvalue weighted by Gasteiger charge is -1.95. The highest BCUT2D eigenvalue weighted by atomic mass is 32.2. The number of hydrogen-bond donors (Lipinski definition) is 1. The Hall–Kier alpha value is -2.21. The van der Waals surface area contributed by atoms with Crippen molar-refractivity contribution in [2.24, 2.45) is 0 Å². The van der Waals surface area contributed by atoms with E-state index in [1.54, 1.807) is 36.6 Å². The number of ketones is 1. The molecule has 1 heterocycles. The standard InChI is InChI=1S/C13H11N3O2S/c1-9-12(18)14-13(16-15-9)19-8-7-11(17)10-5-3-2-4-6-10/h2-8H,1H3,(H,14,16,18)/b8-7+. The third-order valence-electron chi connectivity index (χ3n) is 2.30. The molecule has 0 bridgehead atoms. The van der Waals surface area contributed by atoms with Gasteiger partial charge in [0, 0.05) is 5.56 Å². The molecule has 19 heavy (non-hydrogen) atoms. The molecule has 0 spiro atoms. The summed E-state index contributed by atoms with van der Waals surface area (Å²) in [7, 11) is 0. The van der Waals surface area contributed by atoms with Crippen molar-refractivity contribution in [1.29, 1.82) is 0 Å². The van der Waals surface area contributed by atoms with Crippen LogP contribution in [0.25, 0.3) is 0 Å². The Morgan fingerprint density at radius 3 is 2.68 bits per heavy atom. The number of aromatic amines is 1. The molecule has 1 aromatic heterocycles. The normalized spacial score (nSPS) is 10.8. The van der Waals surface area contributed by atoms with Crippen molar-refractivity contribution >= 4 is 17.5 Å². The van der Waals surface area contributed by atoms with Gasteiger partial charge >= 0.3 is 0 Å². The molecule has 1 N–H and O–H groups in total. The fraction of sp³-hybridized carbons (Fsp3) is 0.0769. The smallest absolute Gasteiger partial charge is 0.273 e. The van der Waals surface area contributed by atoms with E-state index in [-0.39, 0.29) is 11.3 Å². The summed E-state index contributed by atoms with van der Waals surface area (Å²) in [5.74, 6) is -0.101. The minimum Gasteiger partial charge on any atom is -0.298 e. The third-order valence-corrected chi connectivity index (χ3v) is 2.98. The minimum absolute atomic E-state index is 0.101. The van der Waals surface area contributed by atoms with Gasteiger partial charge in [-0.05, 0) is 18.4 Å². The molecule has 0 atom stereocenters. The highest BCUT2D eigenvalue weighted by Gasteiger charge is 2.01. The monoisotopic (exact) mass is 273 g/mol. The highest BCUT2D eigenvalue weighted by Crippen LogP contribution is 2.12. The summed E-state index contributed by atoms with van der Waals surface area (Å²) in [5, 5.41) is 9.43. The second-order valence-corrected chi connectivity index (χ2v) is 4.59. The van der Waals surface area contributed by atoms with Gasteiger partial charge in [0.1, 0.15) is 5.69 Å². The van der Waals surface area contributed by atoms with Crippen molar-refractivity contribution in [2.45, 2.75) is 12.1 Å². The van der Waals surface area contributed by atoms with Gasteiger partial charge < -0.3 is 0 Å². The average Bonchev–Trinajstić information content (AvgIpc) is 2.43. The molecule has 2 rings (SSSR count). The summed E-state index contributed by atoms with van der Waals surface area (Å²) in [6, 6.07) is 8.94. The topological polar surface area (TPSA) is 75.7 Å². The SMILES string of the molecule is Cc1nnc(S/C=C/C(=O)c2ccccc2)[nH]c1=O. The van der Waals surface area contributed by atoms with E-state index in [0.29, 0.717) is 16.4 Å². The molecule has 1 aromatic carbocycles. The first kappa shape index (κ1) is 13.2. The van der Waals surface area contributed by atoms with E-state index in [4.69, 9.17) is 0 Å². The third kappa shape index (κ3) is 3.62. The van der Waals surface area contributed by atoms with Crippen molar-refractivity contribution in [3.63, 3.8) is 0 Å². The summed E-state index contributed by atoms with van der Waals surface area (Å²) in [5.41, 5.74) is 0.650. The first-order valence-electron chi connectivity index (χ1n) is 5.53. The second-order valence-electron chi connectivity index (χ2n) is 3.70. The molecule has 0 saturated carbocycles. The largest absolute Gasteiger partial charge is 0.298 e. The van der Waals surface area contributed by atoms with Crippen LogP contribution >= 0.6 is 11.8 Å². The molecule has 0 saturated heterocycles. The Kier molecular flexibility index (Phi) is 4.25. The molecule has 0 aliphatic rings. The van der Waals surface area contributed by atoms with E-state index in [0.717, 1.165) is 11.8 Å². The molecule has 0 fully saturated rings. The van der Waals surface area contributed by atoms with Crippen LogP contribution in [0.2, 0.25) is 0 Å². The lowest BCUT2D eigenvalue weighted by Crippen LogP contribution is -2.13. The first-order chi connectivity index (χ1) is 9.16. The summed E-state index contributed by atoms with van der Waals surface area (Å²) in [6.45, 7) is 1.58. The van der Waals surface area contributed by atoms with Crippen LogP contribution in [0.4, 0.5) is 0 Å². The molecule has 0 aliphatic carbocycles. The van der Waals surface area contributed by atoms with Crippen LogP contribution in [0.1, 0.15) is 16.1 Å². The zero-order valence-corrected chi connectivity index (χ0v) is 11.0. The van der Waals surface area contributed by atoms with Gasteiger partial charge in [-0.25, -0.2) is 0 Å². The number of thioether (sulfide) groups is 1. The van der Waals surface area contributed by atoms with E-state index in [1.165, 1.54) is 6.08 Å². The van der Waals surface area contributed by atoms with Crippen LogP contribution in [0.5, 0.6) is 0 Å². The maximum atomic E-state index is 11.7. The number of aryl methyl sites for hydroxylation is 1. The average molecular weight is 273 g/mol. The summed E-state index contributed by atoms with van der Waals surface area (Å²) in [4.78, 5) is 25.6. The number of allylic oxidation sites excluding steroid dienone is 1. The number of carbonyl (C=O) groups is 1. The zero-order chi connectivity index (χ0) is 13.7. The quantitative estimate of drug-likeness (QED) is 0.523. The van der Waals surface area contributed by atoms with Crippen LogP contribution < -0.4 is 5.56 Å². The van der Waals surface area contributed by atoms with Gasteiger partial charge in [-0.1, -0.05) is 42.1 Å². The maximum absolute atomic E-state index is 11.7. The van der Waals surface area contributed by atoms with Gasteiger partial charge in [-0.15, -0.1) is 10.2 Å². The number of rotatable bonds is 4. The van der Waals surface area contributed by atoms with Crippen molar-refractivity contribution in [3.8, 4) is 0 Å². The summed E-state index contributed by atoms with van der Waals surface area (Å²) in [6.07, 6.45) is 1.43. The van der Waals surface area contributed by atoms with E-state index < -0.39 is 0 Å². The van der Waals surface area contributed by atoms with E-state index in [2.05, 4.69) is 15.2 Å². The van der Waals surface area contributed by atoms with Gasteiger partial charge in [-0.3, -0.25) is 14.6 Å². The minimum atomic E-state index is -0.278. The van der Waals surface area contributed by atoms with Gasteiger partial charge in [0.15, 0.2) is 10.9 Å². The lowest BCUT2D eigenvalue weighted by atomic mass is 10.1. The van der Waals surface area contributed by atoms with Crippen LogP contribution in [0, 0.1) is 6.92 Å². The fourth-order valence-corrected chi connectivity index (χ4v) is 1.85. The van der Waals surface area contributed by atoms with Crippen molar-refractivity contribution in [2.75, 3.05) is 0 Å². The molecular formula is C13H11N3O2S. The molecule has 2 aromatic rings. The van der Waals surface area contributed by atoms with Crippen LogP contribution in [-0.2, 0) is 0 Å². The number of aromatic nitrogens is 3. The number of carbonyl (C=O) groups excluding carboxylic acids is 1. The molecule has 0 radical (unpaired) electrons. The van der Waals surface area contributed by atoms with Gasteiger partial charge in [-0.2, -0.15) is 0 Å².